The van der Waals surface area contributed by atoms with Crippen LogP contribution >= 0.6 is 22.9 Å². The van der Waals surface area contributed by atoms with E-state index in [0.29, 0.717) is 4.70 Å². The maximum atomic E-state index is 13.1. The van der Waals surface area contributed by atoms with E-state index < -0.39 is 0 Å². The van der Waals surface area contributed by atoms with Crippen LogP contribution in [0.4, 0.5) is 4.39 Å². The molecular formula is C8H4ClFS. The minimum Gasteiger partial charge on any atom is -0.204 e. The van der Waals surface area contributed by atoms with Crippen LogP contribution in [0.3, 0.4) is 0 Å². The Labute approximate surface area is 72.2 Å². The molecule has 0 atom stereocenters. The Morgan fingerprint density at radius 1 is 1.27 bits per heavy atom. The fourth-order valence-electron chi connectivity index (χ4n) is 0.973. The van der Waals surface area contributed by atoms with E-state index in [2.05, 4.69) is 0 Å². The third-order valence-electron chi connectivity index (χ3n) is 1.51. The molecule has 0 N–H and O–H groups in total. The van der Waals surface area contributed by atoms with Crippen molar-refractivity contribution in [3.8, 4) is 0 Å². The number of benzene rings is 1. The normalized spacial score (nSPS) is 10.7. The molecule has 0 nitrogen and oxygen atoms in total. The van der Waals surface area contributed by atoms with Gasteiger partial charge in [-0.3, -0.25) is 0 Å². The maximum absolute atomic E-state index is 13.1. The predicted molar refractivity (Wildman–Crippen MR) is 46.8 cm³/mol. The Balaban J connectivity index is 2.93. The fraction of sp³-hybridized carbons (Fsp3) is 0. The lowest BCUT2D eigenvalue weighted by Crippen LogP contribution is -1.74. The van der Waals surface area contributed by atoms with Crippen LogP contribution in [0.1, 0.15) is 0 Å². The average molecular weight is 187 g/mol. The van der Waals surface area contributed by atoms with E-state index in [1.807, 2.05) is 17.5 Å². The molecule has 0 saturated carbocycles. The van der Waals surface area contributed by atoms with Crippen molar-refractivity contribution >= 4 is 33.0 Å². The van der Waals surface area contributed by atoms with E-state index in [9.17, 15) is 4.39 Å². The summed E-state index contributed by atoms with van der Waals surface area (Å²) in [5.74, 6) is -0.306. The number of thiophene rings is 1. The summed E-state index contributed by atoms with van der Waals surface area (Å²) in [5.41, 5.74) is 0. The van der Waals surface area contributed by atoms with Crippen LogP contribution in [0.15, 0.2) is 23.6 Å². The smallest absolute Gasteiger partial charge is 0.159 e. The maximum Gasteiger partial charge on any atom is 0.159 e. The van der Waals surface area contributed by atoms with Crippen molar-refractivity contribution in [1.29, 1.82) is 0 Å². The van der Waals surface area contributed by atoms with Crippen molar-refractivity contribution in [2.24, 2.45) is 0 Å². The molecule has 0 unspecified atom stereocenters. The molecule has 0 saturated heterocycles. The molecule has 0 aliphatic rings. The summed E-state index contributed by atoms with van der Waals surface area (Å²) in [6.07, 6.45) is 0. The lowest BCUT2D eigenvalue weighted by atomic mass is 10.2. The van der Waals surface area contributed by atoms with Crippen molar-refractivity contribution in [2.75, 3.05) is 0 Å². The molecule has 1 heterocycles. The summed E-state index contributed by atoms with van der Waals surface area (Å²) in [4.78, 5) is 0. The van der Waals surface area contributed by atoms with Crippen molar-refractivity contribution in [3.05, 3.63) is 34.4 Å². The van der Waals surface area contributed by atoms with Gasteiger partial charge in [-0.15, -0.1) is 11.3 Å². The lowest BCUT2D eigenvalue weighted by molar-refractivity contribution is 0.642. The van der Waals surface area contributed by atoms with Gasteiger partial charge in [0.25, 0.3) is 0 Å². The van der Waals surface area contributed by atoms with Gasteiger partial charge in [-0.05, 0) is 22.9 Å². The molecule has 11 heavy (non-hydrogen) atoms. The molecule has 0 radical (unpaired) electrons. The first-order valence-electron chi connectivity index (χ1n) is 3.10. The largest absolute Gasteiger partial charge is 0.204 e. The first-order valence-corrected chi connectivity index (χ1v) is 4.36. The summed E-state index contributed by atoms with van der Waals surface area (Å²) in [7, 11) is 0. The molecule has 0 fully saturated rings. The first-order chi connectivity index (χ1) is 5.29. The standard InChI is InChI=1S/C8H4ClFS/c9-6-2-1-5-3-4-11-8(5)7(6)10/h1-4H. The summed E-state index contributed by atoms with van der Waals surface area (Å²) in [6, 6.07) is 5.27. The summed E-state index contributed by atoms with van der Waals surface area (Å²) >= 11 is 6.94. The highest BCUT2D eigenvalue weighted by atomic mass is 35.5. The number of halogens is 2. The monoisotopic (exact) mass is 186 g/mol. The van der Waals surface area contributed by atoms with Crippen LogP contribution in [0.25, 0.3) is 10.1 Å². The summed E-state index contributed by atoms with van der Waals surface area (Å²) in [6.45, 7) is 0. The quantitative estimate of drug-likeness (QED) is 0.589. The second-order valence-electron chi connectivity index (χ2n) is 2.20. The zero-order chi connectivity index (χ0) is 7.84. The van der Waals surface area contributed by atoms with E-state index in [4.69, 9.17) is 11.6 Å². The molecule has 0 spiro atoms. The van der Waals surface area contributed by atoms with Gasteiger partial charge in [-0.25, -0.2) is 4.39 Å². The molecule has 3 heteroatoms. The van der Waals surface area contributed by atoms with Crippen LogP contribution in [0, 0.1) is 5.82 Å². The Hall–Kier alpha value is -0.600. The SMILES string of the molecule is Fc1c(Cl)ccc2ccsc12. The highest BCUT2D eigenvalue weighted by Gasteiger charge is 2.04. The van der Waals surface area contributed by atoms with E-state index in [-0.39, 0.29) is 10.8 Å². The Bertz CT molecular complexity index is 394. The van der Waals surface area contributed by atoms with Crippen LogP contribution in [-0.4, -0.2) is 0 Å². The van der Waals surface area contributed by atoms with E-state index in [1.54, 1.807) is 6.07 Å². The van der Waals surface area contributed by atoms with Crippen LogP contribution < -0.4 is 0 Å². The molecule has 0 aliphatic carbocycles. The molecule has 2 rings (SSSR count). The first kappa shape index (κ1) is 7.07. The van der Waals surface area contributed by atoms with Gasteiger partial charge in [0.05, 0.1) is 9.72 Å². The van der Waals surface area contributed by atoms with E-state index in [0.717, 1.165) is 5.39 Å². The van der Waals surface area contributed by atoms with Crippen LogP contribution in [-0.2, 0) is 0 Å². The Morgan fingerprint density at radius 3 is 2.91 bits per heavy atom. The molecule has 56 valence electrons. The van der Waals surface area contributed by atoms with Crippen LogP contribution in [0.5, 0.6) is 0 Å². The highest BCUT2D eigenvalue weighted by molar-refractivity contribution is 7.17. The van der Waals surface area contributed by atoms with Crippen LogP contribution in [0.2, 0.25) is 5.02 Å². The molecule has 0 aliphatic heterocycles. The Kier molecular flexibility index (Phi) is 1.59. The molecular weight excluding hydrogens is 183 g/mol. The van der Waals surface area contributed by atoms with Crippen molar-refractivity contribution in [3.63, 3.8) is 0 Å². The second-order valence-corrected chi connectivity index (χ2v) is 3.52. The van der Waals surface area contributed by atoms with Gasteiger partial charge in [0, 0.05) is 0 Å². The van der Waals surface area contributed by atoms with Gasteiger partial charge in [0.1, 0.15) is 0 Å². The highest BCUT2D eigenvalue weighted by Crippen LogP contribution is 2.28. The number of rotatable bonds is 0. The number of hydrogen-bond acceptors (Lipinski definition) is 1. The summed E-state index contributed by atoms with van der Waals surface area (Å²) < 4.78 is 13.7. The van der Waals surface area contributed by atoms with Gasteiger partial charge < -0.3 is 0 Å². The minimum atomic E-state index is -0.306. The number of fused-ring (bicyclic) bond motifs is 1. The zero-order valence-electron chi connectivity index (χ0n) is 5.47. The minimum absolute atomic E-state index is 0.194. The van der Waals surface area contributed by atoms with Gasteiger partial charge in [0.2, 0.25) is 0 Å². The molecule has 0 amide bonds. The summed E-state index contributed by atoms with van der Waals surface area (Å²) in [5, 5.41) is 2.96. The number of hydrogen-bond donors (Lipinski definition) is 0. The third kappa shape index (κ3) is 1.03. The zero-order valence-corrected chi connectivity index (χ0v) is 7.05. The molecule has 1 aromatic heterocycles. The van der Waals surface area contributed by atoms with Crippen molar-refractivity contribution < 1.29 is 4.39 Å². The van der Waals surface area contributed by atoms with Gasteiger partial charge in [-0.1, -0.05) is 17.7 Å². The molecule has 2 aromatic rings. The van der Waals surface area contributed by atoms with E-state index >= 15 is 0 Å². The fourth-order valence-corrected chi connectivity index (χ4v) is 2.02. The van der Waals surface area contributed by atoms with Gasteiger partial charge in [-0.2, -0.15) is 0 Å². The average Bonchev–Trinajstić information content (AvgIpc) is 2.45. The van der Waals surface area contributed by atoms with E-state index in [1.165, 1.54) is 11.3 Å². The van der Waals surface area contributed by atoms with Gasteiger partial charge in [0.15, 0.2) is 5.82 Å². The van der Waals surface area contributed by atoms with Crippen molar-refractivity contribution in [2.45, 2.75) is 0 Å². The molecule has 1 aromatic carbocycles. The Morgan fingerprint density at radius 2 is 2.09 bits per heavy atom. The molecule has 0 bridgehead atoms. The van der Waals surface area contributed by atoms with Crippen molar-refractivity contribution in [1.82, 2.24) is 0 Å². The predicted octanol–water partition coefficient (Wildman–Crippen LogP) is 3.69. The third-order valence-corrected chi connectivity index (χ3v) is 2.73. The second kappa shape index (κ2) is 2.47. The topological polar surface area (TPSA) is 0 Å². The lowest BCUT2D eigenvalue weighted by Gasteiger charge is -1.93. The van der Waals surface area contributed by atoms with Gasteiger partial charge >= 0.3 is 0 Å².